The second-order valence-corrected chi connectivity index (χ2v) is 6.57. The van der Waals surface area contributed by atoms with Crippen molar-refractivity contribution in [2.75, 3.05) is 0 Å². The van der Waals surface area contributed by atoms with Crippen LogP contribution in [0.15, 0.2) is 30.6 Å². The van der Waals surface area contributed by atoms with Crippen LogP contribution < -0.4 is 5.32 Å². The Hall–Kier alpha value is -1.81. The Kier molecular flexibility index (Phi) is 4.37. The Bertz CT molecular complexity index is 656. The van der Waals surface area contributed by atoms with E-state index in [4.69, 9.17) is 11.6 Å². The van der Waals surface area contributed by atoms with Crippen LogP contribution in [0.4, 0.5) is 0 Å². The standard InChI is InChI=1S/C16H20ClN3O/c1-16(2,3)13-7-12(8-14(17)19-13)15(21)18-9-11-5-6-20(4)10-11/h5-8,10H,9H2,1-4H3,(H,18,21). The molecule has 21 heavy (non-hydrogen) atoms. The van der Waals surface area contributed by atoms with E-state index < -0.39 is 0 Å². The van der Waals surface area contributed by atoms with Crippen LogP contribution in [-0.4, -0.2) is 15.5 Å². The van der Waals surface area contributed by atoms with E-state index in [2.05, 4.69) is 10.3 Å². The number of aryl methyl sites for hydroxylation is 1. The van der Waals surface area contributed by atoms with Gasteiger partial charge in [0.05, 0.1) is 0 Å². The lowest BCUT2D eigenvalue weighted by Gasteiger charge is -2.18. The lowest BCUT2D eigenvalue weighted by molar-refractivity contribution is 0.0950. The Morgan fingerprint density at radius 3 is 2.67 bits per heavy atom. The molecule has 112 valence electrons. The third-order valence-corrected chi connectivity index (χ3v) is 3.36. The number of carbonyl (C=O) groups is 1. The van der Waals surface area contributed by atoms with Gasteiger partial charge in [0.15, 0.2) is 0 Å². The molecule has 0 atom stereocenters. The molecule has 1 N–H and O–H groups in total. The van der Waals surface area contributed by atoms with E-state index in [9.17, 15) is 4.79 Å². The van der Waals surface area contributed by atoms with Crippen LogP contribution in [0.2, 0.25) is 5.15 Å². The van der Waals surface area contributed by atoms with Crippen LogP contribution in [0, 0.1) is 0 Å². The molecule has 0 aromatic carbocycles. The number of halogens is 1. The number of hydrogen-bond donors (Lipinski definition) is 1. The van der Waals surface area contributed by atoms with Crippen molar-refractivity contribution in [3.8, 4) is 0 Å². The number of hydrogen-bond acceptors (Lipinski definition) is 2. The van der Waals surface area contributed by atoms with Crippen molar-refractivity contribution in [2.45, 2.75) is 32.7 Å². The van der Waals surface area contributed by atoms with Crippen molar-refractivity contribution in [1.29, 1.82) is 0 Å². The van der Waals surface area contributed by atoms with E-state index >= 15 is 0 Å². The van der Waals surface area contributed by atoms with Gasteiger partial charge in [-0.05, 0) is 23.8 Å². The van der Waals surface area contributed by atoms with Gasteiger partial charge in [0.1, 0.15) is 5.15 Å². The predicted octanol–water partition coefficient (Wildman–Crippen LogP) is 3.30. The minimum atomic E-state index is -0.153. The fraction of sp³-hybridized carbons (Fsp3) is 0.375. The van der Waals surface area contributed by atoms with Crippen molar-refractivity contribution in [3.05, 3.63) is 52.6 Å². The summed E-state index contributed by atoms with van der Waals surface area (Å²) in [5.41, 5.74) is 2.25. The zero-order chi connectivity index (χ0) is 15.6. The first-order valence-electron chi connectivity index (χ1n) is 6.83. The summed E-state index contributed by atoms with van der Waals surface area (Å²) in [7, 11) is 1.95. The molecule has 2 heterocycles. The van der Waals surface area contributed by atoms with Crippen LogP contribution in [0.25, 0.3) is 0 Å². The summed E-state index contributed by atoms with van der Waals surface area (Å²) in [6.45, 7) is 6.61. The predicted molar refractivity (Wildman–Crippen MR) is 84.5 cm³/mol. The zero-order valence-electron chi connectivity index (χ0n) is 12.8. The SMILES string of the molecule is Cn1ccc(CNC(=O)c2cc(Cl)nc(C(C)(C)C)c2)c1. The third-order valence-electron chi connectivity index (χ3n) is 3.17. The van der Waals surface area contributed by atoms with E-state index in [1.807, 2.05) is 50.8 Å². The summed E-state index contributed by atoms with van der Waals surface area (Å²) in [6.07, 6.45) is 3.92. The van der Waals surface area contributed by atoms with Gasteiger partial charge in [0.2, 0.25) is 0 Å². The smallest absolute Gasteiger partial charge is 0.251 e. The molecule has 2 aromatic rings. The van der Waals surface area contributed by atoms with E-state index in [0.29, 0.717) is 17.3 Å². The van der Waals surface area contributed by atoms with Crippen LogP contribution in [0.3, 0.4) is 0 Å². The average Bonchev–Trinajstić information content (AvgIpc) is 2.80. The molecule has 0 fully saturated rings. The Morgan fingerprint density at radius 2 is 2.10 bits per heavy atom. The monoisotopic (exact) mass is 305 g/mol. The van der Waals surface area contributed by atoms with Gasteiger partial charge in [0.25, 0.3) is 5.91 Å². The molecule has 2 aromatic heterocycles. The highest BCUT2D eigenvalue weighted by molar-refractivity contribution is 6.29. The highest BCUT2D eigenvalue weighted by Gasteiger charge is 2.18. The number of aromatic nitrogens is 2. The van der Waals surface area contributed by atoms with Crippen LogP contribution >= 0.6 is 11.6 Å². The summed E-state index contributed by atoms with van der Waals surface area (Å²) in [4.78, 5) is 16.5. The molecule has 0 bridgehead atoms. The maximum atomic E-state index is 12.3. The number of nitrogens with zero attached hydrogens (tertiary/aromatic N) is 2. The van der Waals surface area contributed by atoms with Gasteiger partial charge in [-0.2, -0.15) is 0 Å². The Morgan fingerprint density at radius 1 is 1.38 bits per heavy atom. The topological polar surface area (TPSA) is 46.9 Å². The van der Waals surface area contributed by atoms with Gasteiger partial charge >= 0.3 is 0 Å². The van der Waals surface area contributed by atoms with Crippen molar-refractivity contribution in [1.82, 2.24) is 14.9 Å². The van der Waals surface area contributed by atoms with Crippen LogP contribution in [0.5, 0.6) is 0 Å². The molecule has 0 spiro atoms. The average molecular weight is 306 g/mol. The maximum absolute atomic E-state index is 12.3. The molecule has 0 aliphatic heterocycles. The third kappa shape index (κ3) is 4.08. The lowest BCUT2D eigenvalue weighted by atomic mass is 9.91. The van der Waals surface area contributed by atoms with Gasteiger partial charge < -0.3 is 9.88 Å². The summed E-state index contributed by atoms with van der Waals surface area (Å²) in [5.74, 6) is -0.145. The first-order chi connectivity index (χ1) is 9.75. The minimum absolute atomic E-state index is 0.145. The van der Waals surface area contributed by atoms with Crippen molar-refractivity contribution in [2.24, 2.45) is 7.05 Å². The van der Waals surface area contributed by atoms with E-state index in [-0.39, 0.29) is 11.3 Å². The Balaban J connectivity index is 2.13. The summed E-state index contributed by atoms with van der Waals surface area (Å²) in [6, 6.07) is 5.36. The highest BCUT2D eigenvalue weighted by Crippen LogP contribution is 2.23. The normalized spacial score (nSPS) is 11.5. The lowest BCUT2D eigenvalue weighted by Crippen LogP contribution is -2.24. The fourth-order valence-corrected chi connectivity index (χ4v) is 2.17. The molecule has 0 radical (unpaired) electrons. The number of pyridine rings is 1. The largest absolute Gasteiger partial charge is 0.357 e. The van der Waals surface area contributed by atoms with Crippen molar-refractivity contribution >= 4 is 17.5 Å². The minimum Gasteiger partial charge on any atom is -0.357 e. The summed E-state index contributed by atoms with van der Waals surface area (Å²) < 4.78 is 1.95. The van der Waals surface area contributed by atoms with Crippen molar-refractivity contribution in [3.63, 3.8) is 0 Å². The number of amides is 1. The molecule has 0 saturated heterocycles. The van der Waals surface area contributed by atoms with Crippen molar-refractivity contribution < 1.29 is 4.79 Å². The van der Waals surface area contributed by atoms with E-state index in [1.165, 1.54) is 0 Å². The quantitative estimate of drug-likeness (QED) is 0.884. The number of nitrogens with one attached hydrogen (secondary N) is 1. The van der Waals surface area contributed by atoms with Gasteiger partial charge in [-0.3, -0.25) is 4.79 Å². The molecule has 2 rings (SSSR count). The number of carbonyl (C=O) groups excluding carboxylic acids is 1. The van der Waals surface area contributed by atoms with Gasteiger partial charge in [-0.15, -0.1) is 0 Å². The molecular weight excluding hydrogens is 286 g/mol. The second kappa shape index (κ2) is 5.90. The number of rotatable bonds is 3. The van der Waals surface area contributed by atoms with Gasteiger partial charge in [0, 0.05) is 42.7 Å². The van der Waals surface area contributed by atoms with Crippen LogP contribution in [0.1, 0.15) is 42.4 Å². The molecule has 1 amide bonds. The van der Waals surface area contributed by atoms with Gasteiger partial charge in [-0.1, -0.05) is 32.4 Å². The first kappa shape index (κ1) is 15.6. The Labute approximate surface area is 130 Å². The van der Waals surface area contributed by atoms with E-state index in [0.717, 1.165) is 11.3 Å². The van der Waals surface area contributed by atoms with E-state index in [1.54, 1.807) is 12.1 Å². The van der Waals surface area contributed by atoms with Gasteiger partial charge in [-0.25, -0.2) is 4.98 Å². The zero-order valence-corrected chi connectivity index (χ0v) is 13.5. The molecule has 4 nitrogen and oxygen atoms in total. The summed E-state index contributed by atoms with van der Waals surface area (Å²) in [5, 5.41) is 3.24. The highest BCUT2D eigenvalue weighted by atomic mass is 35.5. The summed E-state index contributed by atoms with van der Waals surface area (Å²) >= 11 is 6.03. The van der Waals surface area contributed by atoms with Crippen LogP contribution in [-0.2, 0) is 19.0 Å². The molecule has 0 aliphatic carbocycles. The molecule has 0 aliphatic rings. The first-order valence-corrected chi connectivity index (χ1v) is 7.20. The molecule has 0 unspecified atom stereocenters. The molecular formula is C16H20ClN3O. The molecule has 0 saturated carbocycles. The second-order valence-electron chi connectivity index (χ2n) is 6.18. The molecule has 5 heteroatoms. The maximum Gasteiger partial charge on any atom is 0.251 e. The fourth-order valence-electron chi connectivity index (χ4n) is 1.96.